The molecule has 5 rings (SSSR count). The maximum atomic E-state index is 5.79. The summed E-state index contributed by atoms with van der Waals surface area (Å²) in [5, 5.41) is 4.24. The number of methoxy groups -OCH3 is 1. The molecule has 0 unspecified atom stereocenters. The van der Waals surface area contributed by atoms with Crippen molar-refractivity contribution >= 4 is 11.1 Å². The first-order valence-corrected chi connectivity index (χ1v) is 9.34. The van der Waals surface area contributed by atoms with Crippen molar-refractivity contribution < 1.29 is 9.15 Å². The molecule has 0 saturated carbocycles. The summed E-state index contributed by atoms with van der Waals surface area (Å²) in [4.78, 5) is 4.86. The molecule has 0 amide bonds. The highest BCUT2D eigenvalue weighted by Gasteiger charge is 2.15. The number of furan rings is 1. The minimum atomic E-state index is 0.754. The summed E-state index contributed by atoms with van der Waals surface area (Å²) in [5.41, 5.74) is 7.53. The van der Waals surface area contributed by atoms with Gasteiger partial charge in [0.05, 0.1) is 19.0 Å². The molecule has 0 aliphatic rings. The van der Waals surface area contributed by atoms with Gasteiger partial charge in [-0.25, -0.2) is 4.98 Å². The molecule has 2 aromatic carbocycles. The van der Waals surface area contributed by atoms with E-state index >= 15 is 0 Å². The number of hydrogen-bond donors (Lipinski definition) is 0. The predicted octanol–water partition coefficient (Wildman–Crippen LogP) is 5.57. The molecule has 29 heavy (non-hydrogen) atoms. The standard InChI is InChI=1S/C24H19N3O2/c1-27-14-18(13-25-27)21-9-11-23-24(26-21)20(15-29-23)17-8-10-22(28-2)19(12-17)16-6-4-3-5-7-16/h3-15H,1-2H3. The highest BCUT2D eigenvalue weighted by molar-refractivity contribution is 5.93. The Morgan fingerprint density at radius 2 is 1.76 bits per heavy atom. The average molecular weight is 381 g/mol. The van der Waals surface area contributed by atoms with E-state index in [4.69, 9.17) is 14.1 Å². The molecule has 142 valence electrons. The Morgan fingerprint density at radius 3 is 2.52 bits per heavy atom. The molecular weight excluding hydrogens is 362 g/mol. The predicted molar refractivity (Wildman–Crippen MR) is 114 cm³/mol. The van der Waals surface area contributed by atoms with Crippen LogP contribution in [0, 0.1) is 0 Å². The number of aryl methyl sites for hydroxylation is 1. The number of aromatic nitrogens is 3. The maximum Gasteiger partial charge on any atom is 0.153 e. The zero-order valence-electron chi connectivity index (χ0n) is 16.2. The van der Waals surface area contributed by atoms with Crippen LogP contribution in [0.5, 0.6) is 5.75 Å². The van der Waals surface area contributed by atoms with Gasteiger partial charge in [-0.15, -0.1) is 0 Å². The second-order valence-electron chi connectivity index (χ2n) is 6.88. The normalized spacial score (nSPS) is 11.1. The Hall–Kier alpha value is -3.86. The van der Waals surface area contributed by atoms with E-state index in [9.17, 15) is 0 Å². The Labute approximate surface area is 168 Å². The van der Waals surface area contributed by atoms with Crippen LogP contribution in [-0.4, -0.2) is 21.9 Å². The summed E-state index contributed by atoms with van der Waals surface area (Å²) in [6, 6.07) is 20.3. The summed E-state index contributed by atoms with van der Waals surface area (Å²) < 4.78 is 13.1. The van der Waals surface area contributed by atoms with E-state index in [1.807, 2.05) is 61.9 Å². The van der Waals surface area contributed by atoms with Gasteiger partial charge in [0.15, 0.2) is 5.58 Å². The molecule has 0 N–H and O–H groups in total. The van der Waals surface area contributed by atoms with Crippen molar-refractivity contribution in [3.05, 3.63) is 79.3 Å². The van der Waals surface area contributed by atoms with Crippen LogP contribution in [0.3, 0.4) is 0 Å². The topological polar surface area (TPSA) is 53.1 Å². The molecular formula is C24H19N3O2. The molecule has 0 atom stereocenters. The Morgan fingerprint density at radius 1 is 0.897 bits per heavy atom. The molecule has 0 aliphatic carbocycles. The first kappa shape index (κ1) is 17.3. The van der Waals surface area contributed by atoms with Gasteiger partial charge in [0.1, 0.15) is 17.5 Å². The lowest BCUT2D eigenvalue weighted by molar-refractivity contribution is 0.416. The van der Waals surface area contributed by atoms with Gasteiger partial charge >= 0.3 is 0 Å². The number of rotatable bonds is 4. The first-order valence-electron chi connectivity index (χ1n) is 9.34. The fourth-order valence-corrected chi connectivity index (χ4v) is 3.55. The van der Waals surface area contributed by atoms with Crippen LogP contribution in [-0.2, 0) is 7.05 Å². The van der Waals surface area contributed by atoms with Gasteiger partial charge in [0, 0.05) is 29.9 Å². The highest BCUT2D eigenvalue weighted by Crippen LogP contribution is 2.37. The lowest BCUT2D eigenvalue weighted by Gasteiger charge is -2.11. The van der Waals surface area contributed by atoms with Gasteiger partial charge in [-0.3, -0.25) is 4.68 Å². The van der Waals surface area contributed by atoms with E-state index < -0.39 is 0 Å². The quantitative estimate of drug-likeness (QED) is 0.408. The SMILES string of the molecule is COc1ccc(-c2coc3ccc(-c4cnn(C)c4)nc23)cc1-c1ccccc1. The van der Waals surface area contributed by atoms with Crippen LogP contribution < -0.4 is 4.74 Å². The van der Waals surface area contributed by atoms with Gasteiger partial charge in [-0.1, -0.05) is 36.4 Å². The molecule has 5 nitrogen and oxygen atoms in total. The molecule has 0 fully saturated rings. The minimum absolute atomic E-state index is 0.754. The van der Waals surface area contributed by atoms with Gasteiger partial charge in [0.2, 0.25) is 0 Å². The number of benzene rings is 2. The smallest absolute Gasteiger partial charge is 0.153 e. The Bertz CT molecular complexity index is 1300. The van der Waals surface area contributed by atoms with Gasteiger partial charge < -0.3 is 9.15 Å². The third kappa shape index (κ3) is 3.06. The van der Waals surface area contributed by atoms with E-state index in [1.165, 1.54) is 0 Å². The molecule has 0 bridgehead atoms. The zero-order chi connectivity index (χ0) is 19.8. The van der Waals surface area contributed by atoms with E-state index in [2.05, 4.69) is 23.3 Å². The second kappa shape index (κ2) is 6.95. The van der Waals surface area contributed by atoms with Crippen molar-refractivity contribution in [2.24, 2.45) is 7.05 Å². The number of fused-ring (bicyclic) bond motifs is 1. The van der Waals surface area contributed by atoms with E-state index in [0.717, 1.165) is 50.4 Å². The van der Waals surface area contributed by atoms with E-state index in [1.54, 1.807) is 18.1 Å². The molecule has 3 heterocycles. The van der Waals surface area contributed by atoms with Gasteiger partial charge in [-0.2, -0.15) is 5.10 Å². The van der Waals surface area contributed by atoms with Crippen LogP contribution in [0.1, 0.15) is 0 Å². The van der Waals surface area contributed by atoms with Crippen LogP contribution in [0.2, 0.25) is 0 Å². The van der Waals surface area contributed by atoms with Gasteiger partial charge in [-0.05, 0) is 35.4 Å². The fraction of sp³-hybridized carbons (Fsp3) is 0.0833. The van der Waals surface area contributed by atoms with Crippen LogP contribution in [0.15, 0.2) is 83.7 Å². The van der Waals surface area contributed by atoms with Gasteiger partial charge in [0.25, 0.3) is 0 Å². The lowest BCUT2D eigenvalue weighted by atomic mass is 9.99. The summed E-state index contributed by atoms with van der Waals surface area (Å²) in [7, 11) is 3.59. The number of nitrogens with zero attached hydrogens (tertiary/aromatic N) is 3. The number of ether oxygens (including phenoxy) is 1. The van der Waals surface area contributed by atoms with Crippen molar-refractivity contribution in [2.75, 3.05) is 7.11 Å². The van der Waals surface area contributed by atoms with Crippen molar-refractivity contribution in [1.82, 2.24) is 14.8 Å². The lowest BCUT2D eigenvalue weighted by Crippen LogP contribution is -1.89. The molecule has 5 aromatic rings. The molecule has 0 saturated heterocycles. The monoisotopic (exact) mass is 381 g/mol. The third-order valence-corrected chi connectivity index (χ3v) is 5.01. The molecule has 0 aliphatic heterocycles. The van der Waals surface area contributed by atoms with Crippen LogP contribution >= 0.6 is 0 Å². The Kier molecular flexibility index (Phi) is 4.13. The van der Waals surface area contributed by atoms with Crippen molar-refractivity contribution in [3.63, 3.8) is 0 Å². The summed E-state index contributed by atoms with van der Waals surface area (Å²) in [6.07, 6.45) is 5.53. The highest BCUT2D eigenvalue weighted by atomic mass is 16.5. The van der Waals surface area contributed by atoms with Crippen molar-refractivity contribution in [1.29, 1.82) is 0 Å². The van der Waals surface area contributed by atoms with Crippen LogP contribution in [0.4, 0.5) is 0 Å². The van der Waals surface area contributed by atoms with Crippen LogP contribution in [0.25, 0.3) is 44.6 Å². The minimum Gasteiger partial charge on any atom is -0.496 e. The molecule has 0 spiro atoms. The zero-order valence-corrected chi connectivity index (χ0v) is 16.2. The number of pyridine rings is 1. The van der Waals surface area contributed by atoms with E-state index in [0.29, 0.717) is 0 Å². The summed E-state index contributed by atoms with van der Waals surface area (Å²) in [5.74, 6) is 0.830. The molecule has 0 radical (unpaired) electrons. The largest absolute Gasteiger partial charge is 0.496 e. The molecule has 3 aromatic heterocycles. The fourth-order valence-electron chi connectivity index (χ4n) is 3.55. The first-order chi connectivity index (χ1) is 14.2. The van der Waals surface area contributed by atoms with Crippen molar-refractivity contribution in [2.45, 2.75) is 0 Å². The second-order valence-corrected chi connectivity index (χ2v) is 6.88. The number of hydrogen-bond acceptors (Lipinski definition) is 4. The van der Waals surface area contributed by atoms with E-state index in [-0.39, 0.29) is 0 Å². The third-order valence-electron chi connectivity index (χ3n) is 5.01. The van der Waals surface area contributed by atoms with Crippen molar-refractivity contribution in [3.8, 4) is 39.3 Å². The maximum absolute atomic E-state index is 5.79. The summed E-state index contributed by atoms with van der Waals surface area (Å²) >= 11 is 0. The Balaban J connectivity index is 1.66. The molecule has 5 heteroatoms. The average Bonchev–Trinajstić information content (AvgIpc) is 3.39. The summed E-state index contributed by atoms with van der Waals surface area (Å²) in [6.45, 7) is 0.